The van der Waals surface area contributed by atoms with Gasteiger partial charge in [-0.1, -0.05) is 19.1 Å². The molecule has 0 saturated carbocycles. The zero-order valence-electron chi connectivity index (χ0n) is 12.1. The maximum atomic E-state index is 5.58. The third-order valence-electron chi connectivity index (χ3n) is 2.86. The van der Waals surface area contributed by atoms with E-state index in [0.29, 0.717) is 6.04 Å². The molecule has 0 fully saturated rings. The SMILES string of the molecule is CCCOc1ccc(C(C)NCCN(C)C)cc1. The maximum absolute atomic E-state index is 5.58. The molecule has 0 heterocycles. The van der Waals surface area contributed by atoms with Crippen molar-refractivity contribution in [2.24, 2.45) is 0 Å². The van der Waals surface area contributed by atoms with E-state index in [1.807, 2.05) is 0 Å². The third kappa shape index (κ3) is 5.52. The van der Waals surface area contributed by atoms with Gasteiger partial charge in [-0.25, -0.2) is 0 Å². The summed E-state index contributed by atoms with van der Waals surface area (Å²) in [5.41, 5.74) is 1.30. The van der Waals surface area contributed by atoms with Gasteiger partial charge in [-0.2, -0.15) is 0 Å². The van der Waals surface area contributed by atoms with Gasteiger partial charge in [-0.3, -0.25) is 0 Å². The highest BCUT2D eigenvalue weighted by Crippen LogP contribution is 2.17. The highest BCUT2D eigenvalue weighted by molar-refractivity contribution is 5.28. The minimum atomic E-state index is 0.380. The second-order valence-corrected chi connectivity index (χ2v) is 4.90. The summed E-state index contributed by atoms with van der Waals surface area (Å²) in [6, 6.07) is 8.76. The first-order valence-corrected chi connectivity index (χ1v) is 6.74. The van der Waals surface area contributed by atoms with Gasteiger partial charge in [0, 0.05) is 19.1 Å². The van der Waals surface area contributed by atoms with E-state index in [1.54, 1.807) is 0 Å². The maximum Gasteiger partial charge on any atom is 0.119 e. The minimum absolute atomic E-state index is 0.380. The normalized spacial score (nSPS) is 12.7. The van der Waals surface area contributed by atoms with Crippen molar-refractivity contribution in [2.75, 3.05) is 33.8 Å². The number of nitrogens with one attached hydrogen (secondary N) is 1. The largest absolute Gasteiger partial charge is 0.494 e. The molecule has 3 heteroatoms. The number of likely N-dealkylation sites (N-methyl/N-ethyl adjacent to an activating group) is 1. The van der Waals surface area contributed by atoms with E-state index >= 15 is 0 Å². The summed E-state index contributed by atoms with van der Waals surface area (Å²) in [7, 11) is 4.18. The van der Waals surface area contributed by atoms with Crippen molar-refractivity contribution in [2.45, 2.75) is 26.3 Å². The lowest BCUT2D eigenvalue weighted by Crippen LogP contribution is -2.28. The molecule has 0 spiro atoms. The Morgan fingerprint density at radius 3 is 2.44 bits per heavy atom. The van der Waals surface area contributed by atoms with Gasteiger partial charge >= 0.3 is 0 Å². The van der Waals surface area contributed by atoms with Gasteiger partial charge in [0.25, 0.3) is 0 Å². The fraction of sp³-hybridized carbons (Fsp3) is 0.600. The molecule has 0 aromatic heterocycles. The second kappa shape index (κ2) is 8.11. The highest BCUT2D eigenvalue weighted by atomic mass is 16.5. The lowest BCUT2D eigenvalue weighted by atomic mass is 10.1. The molecule has 0 saturated heterocycles. The zero-order valence-corrected chi connectivity index (χ0v) is 12.1. The predicted molar refractivity (Wildman–Crippen MR) is 77.2 cm³/mol. The van der Waals surface area contributed by atoms with Crippen molar-refractivity contribution >= 4 is 0 Å². The van der Waals surface area contributed by atoms with E-state index in [2.05, 4.69) is 62.4 Å². The summed E-state index contributed by atoms with van der Waals surface area (Å²) in [6.07, 6.45) is 1.05. The Bertz CT molecular complexity index is 322. The summed E-state index contributed by atoms with van der Waals surface area (Å²) in [6.45, 7) is 7.16. The molecular weight excluding hydrogens is 224 g/mol. The van der Waals surface area contributed by atoms with Crippen molar-refractivity contribution in [1.29, 1.82) is 0 Å². The van der Waals surface area contributed by atoms with Crippen LogP contribution < -0.4 is 10.1 Å². The van der Waals surface area contributed by atoms with Gasteiger partial charge in [0.2, 0.25) is 0 Å². The van der Waals surface area contributed by atoms with E-state index in [9.17, 15) is 0 Å². The molecule has 0 aliphatic rings. The Hall–Kier alpha value is -1.06. The van der Waals surface area contributed by atoms with E-state index < -0.39 is 0 Å². The van der Waals surface area contributed by atoms with Crippen molar-refractivity contribution in [3.8, 4) is 5.75 Å². The summed E-state index contributed by atoms with van der Waals surface area (Å²) < 4.78 is 5.58. The standard InChI is InChI=1S/C15H26N2O/c1-5-12-18-15-8-6-14(7-9-15)13(2)16-10-11-17(3)4/h6-9,13,16H,5,10-12H2,1-4H3. The minimum Gasteiger partial charge on any atom is -0.494 e. The Balaban J connectivity index is 2.40. The summed E-state index contributed by atoms with van der Waals surface area (Å²) in [4.78, 5) is 2.18. The average Bonchev–Trinajstić information content (AvgIpc) is 2.36. The topological polar surface area (TPSA) is 24.5 Å². The van der Waals surface area contributed by atoms with Gasteiger partial charge in [-0.05, 0) is 45.1 Å². The molecule has 1 rings (SSSR count). The van der Waals surface area contributed by atoms with Crippen molar-refractivity contribution in [1.82, 2.24) is 10.2 Å². The van der Waals surface area contributed by atoms with Crippen LogP contribution >= 0.6 is 0 Å². The Labute approximate surface area is 111 Å². The quantitative estimate of drug-likeness (QED) is 0.767. The monoisotopic (exact) mass is 250 g/mol. The number of nitrogens with zero attached hydrogens (tertiary/aromatic N) is 1. The Kier molecular flexibility index (Phi) is 6.76. The molecule has 1 N–H and O–H groups in total. The highest BCUT2D eigenvalue weighted by Gasteiger charge is 2.04. The molecule has 0 amide bonds. The van der Waals surface area contributed by atoms with Crippen LogP contribution in [0.5, 0.6) is 5.75 Å². The Morgan fingerprint density at radius 1 is 1.22 bits per heavy atom. The molecule has 1 aromatic rings. The first-order valence-electron chi connectivity index (χ1n) is 6.74. The number of rotatable bonds is 8. The van der Waals surface area contributed by atoms with E-state index in [-0.39, 0.29) is 0 Å². The summed E-state index contributed by atoms with van der Waals surface area (Å²) >= 11 is 0. The van der Waals surface area contributed by atoms with Crippen LogP contribution in [0.15, 0.2) is 24.3 Å². The van der Waals surface area contributed by atoms with Gasteiger partial charge in [0.15, 0.2) is 0 Å². The molecule has 1 atom stereocenters. The van der Waals surface area contributed by atoms with Crippen LogP contribution in [-0.4, -0.2) is 38.7 Å². The number of hydrogen-bond acceptors (Lipinski definition) is 3. The van der Waals surface area contributed by atoms with Gasteiger partial charge in [-0.15, -0.1) is 0 Å². The van der Waals surface area contributed by atoms with Gasteiger partial charge < -0.3 is 15.0 Å². The zero-order chi connectivity index (χ0) is 13.4. The van der Waals surface area contributed by atoms with E-state index in [0.717, 1.165) is 31.9 Å². The van der Waals surface area contributed by atoms with Crippen LogP contribution in [0.3, 0.4) is 0 Å². The average molecular weight is 250 g/mol. The van der Waals surface area contributed by atoms with E-state index in [1.165, 1.54) is 5.56 Å². The van der Waals surface area contributed by atoms with Crippen LogP contribution in [0.2, 0.25) is 0 Å². The van der Waals surface area contributed by atoms with Crippen molar-refractivity contribution in [3.05, 3.63) is 29.8 Å². The molecule has 3 nitrogen and oxygen atoms in total. The Morgan fingerprint density at radius 2 is 1.89 bits per heavy atom. The third-order valence-corrected chi connectivity index (χ3v) is 2.86. The molecule has 102 valence electrons. The number of ether oxygens (including phenoxy) is 1. The molecular formula is C15H26N2O. The first-order chi connectivity index (χ1) is 8.63. The fourth-order valence-electron chi connectivity index (χ4n) is 1.70. The van der Waals surface area contributed by atoms with Crippen LogP contribution in [0, 0.1) is 0 Å². The van der Waals surface area contributed by atoms with Crippen LogP contribution in [0.4, 0.5) is 0 Å². The molecule has 1 aromatic carbocycles. The van der Waals surface area contributed by atoms with Gasteiger partial charge in [0.05, 0.1) is 6.61 Å². The van der Waals surface area contributed by atoms with E-state index in [4.69, 9.17) is 4.74 Å². The van der Waals surface area contributed by atoms with Crippen molar-refractivity contribution in [3.63, 3.8) is 0 Å². The molecule has 0 bridgehead atoms. The predicted octanol–water partition coefficient (Wildman–Crippen LogP) is 2.69. The molecule has 0 aliphatic carbocycles. The van der Waals surface area contributed by atoms with Crippen LogP contribution in [0.25, 0.3) is 0 Å². The second-order valence-electron chi connectivity index (χ2n) is 4.90. The summed E-state index contributed by atoms with van der Waals surface area (Å²) in [5.74, 6) is 0.959. The summed E-state index contributed by atoms with van der Waals surface area (Å²) in [5, 5.41) is 3.51. The molecule has 0 radical (unpaired) electrons. The lowest BCUT2D eigenvalue weighted by Gasteiger charge is -2.17. The van der Waals surface area contributed by atoms with Crippen LogP contribution in [0.1, 0.15) is 31.9 Å². The fourth-order valence-corrected chi connectivity index (χ4v) is 1.70. The van der Waals surface area contributed by atoms with Crippen molar-refractivity contribution < 1.29 is 4.74 Å². The lowest BCUT2D eigenvalue weighted by molar-refractivity contribution is 0.317. The molecule has 1 unspecified atom stereocenters. The first kappa shape index (κ1) is 15.0. The van der Waals surface area contributed by atoms with Gasteiger partial charge in [0.1, 0.15) is 5.75 Å². The number of benzene rings is 1. The molecule has 0 aliphatic heterocycles. The molecule has 18 heavy (non-hydrogen) atoms. The smallest absolute Gasteiger partial charge is 0.119 e. The number of hydrogen-bond donors (Lipinski definition) is 1. The van der Waals surface area contributed by atoms with Crippen LogP contribution in [-0.2, 0) is 0 Å².